The molecule has 0 aromatic carbocycles. The molecule has 1 aliphatic rings. The van der Waals surface area contributed by atoms with Crippen molar-refractivity contribution in [3.05, 3.63) is 0 Å². The molecule has 1 fully saturated rings. The minimum atomic E-state index is -0.680. The number of aliphatic hydroxyl groups is 1. The first-order valence-electron chi connectivity index (χ1n) is 8.09. The molecule has 20 heavy (non-hydrogen) atoms. The molecule has 118 valence electrons. The van der Waals surface area contributed by atoms with E-state index in [0.29, 0.717) is 24.8 Å². The van der Waals surface area contributed by atoms with E-state index >= 15 is 0 Å². The third kappa shape index (κ3) is 6.74. The Hall–Kier alpha value is -0.570. The van der Waals surface area contributed by atoms with Crippen molar-refractivity contribution in [3.63, 3.8) is 0 Å². The topological polar surface area (TPSA) is 49.3 Å². The van der Waals surface area contributed by atoms with Crippen LogP contribution in [0.4, 0.5) is 0 Å². The Bertz CT molecular complexity index is 321. The lowest BCUT2D eigenvalue weighted by molar-refractivity contribution is -0.124. The minimum Gasteiger partial charge on any atom is -0.388 e. The lowest BCUT2D eigenvalue weighted by Crippen LogP contribution is -2.46. The molecule has 1 rings (SSSR count). The van der Waals surface area contributed by atoms with E-state index in [1.165, 1.54) is 6.42 Å². The number of carbonyl (C=O) groups excluding carboxylic acids is 1. The SMILES string of the molecule is CC(CC(=O)NCC1(O)CCCC(C)C1)CC(C)(C)C. The van der Waals surface area contributed by atoms with Crippen molar-refractivity contribution in [1.82, 2.24) is 5.32 Å². The quantitative estimate of drug-likeness (QED) is 0.811. The molecule has 0 spiro atoms. The van der Waals surface area contributed by atoms with Gasteiger partial charge in [-0.15, -0.1) is 0 Å². The van der Waals surface area contributed by atoms with Gasteiger partial charge in [0.25, 0.3) is 0 Å². The van der Waals surface area contributed by atoms with Crippen molar-refractivity contribution < 1.29 is 9.90 Å². The Kier molecular flexibility index (Phi) is 6.06. The van der Waals surface area contributed by atoms with Crippen molar-refractivity contribution >= 4 is 5.91 Å². The fourth-order valence-electron chi connectivity index (χ4n) is 3.56. The summed E-state index contributed by atoms with van der Waals surface area (Å²) in [6.07, 6.45) is 5.48. The molecule has 0 bridgehead atoms. The van der Waals surface area contributed by atoms with Gasteiger partial charge in [-0.25, -0.2) is 0 Å². The molecule has 3 unspecified atom stereocenters. The monoisotopic (exact) mass is 283 g/mol. The van der Waals surface area contributed by atoms with Crippen LogP contribution in [-0.2, 0) is 4.79 Å². The average Bonchev–Trinajstić information content (AvgIpc) is 2.23. The van der Waals surface area contributed by atoms with Gasteiger partial charge < -0.3 is 10.4 Å². The standard InChI is InChI=1S/C17H33NO2/c1-13-7-6-8-17(20,11-13)12-18-15(19)9-14(2)10-16(3,4)5/h13-14,20H,6-12H2,1-5H3,(H,18,19). The average molecular weight is 283 g/mol. The molecule has 1 aliphatic carbocycles. The molecule has 2 N–H and O–H groups in total. The van der Waals surface area contributed by atoms with Gasteiger partial charge in [0.05, 0.1) is 5.60 Å². The van der Waals surface area contributed by atoms with Gasteiger partial charge in [-0.05, 0) is 36.5 Å². The van der Waals surface area contributed by atoms with Crippen LogP contribution in [0.15, 0.2) is 0 Å². The molecular weight excluding hydrogens is 250 g/mol. The van der Waals surface area contributed by atoms with Gasteiger partial charge in [0.1, 0.15) is 0 Å². The zero-order chi connectivity index (χ0) is 15.4. The van der Waals surface area contributed by atoms with Gasteiger partial charge in [0.2, 0.25) is 5.91 Å². The van der Waals surface area contributed by atoms with Gasteiger partial charge >= 0.3 is 0 Å². The van der Waals surface area contributed by atoms with Gasteiger partial charge in [-0.2, -0.15) is 0 Å². The molecule has 3 atom stereocenters. The van der Waals surface area contributed by atoms with Crippen molar-refractivity contribution in [2.45, 2.75) is 78.7 Å². The van der Waals surface area contributed by atoms with Crippen LogP contribution in [0.1, 0.15) is 73.1 Å². The highest BCUT2D eigenvalue weighted by atomic mass is 16.3. The Morgan fingerprint density at radius 2 is 2.10 bits per heavy atom. The third-order valence-electron chi connectivity index (χ3n) is 4.18. The van der Waals surface area contributed by atoms with Crippen LogP contribution in [0.3, 0.4) is 0 Å². The molecular formula is C17H33NO2. The molecule has 1 amide bonds. The largest absolute Gasteiger partial charge is 0.388 e. The summed E-state index contributed by atoms with van der Waals surface area (Å²) >= 11 is 0. The summed E-state index contributed by atoms with van der Waals surface area (Å²) in [7, 11) is 0. The summed E-state index contributed by atoms with van der Waals surface area (Å²) in [6, 6.07) is 0. The molecule has 0 heterocycles. The normalized spacial score (nSPS) is 29.0. The smallest absolute Gasteiger partial charge is 0.220 e. The van der Waals surface area contributed by atoms with Crippen molar-refractivity contribution in [2.24, 2.45) is 17.3 Å². The fraction of sp³-hybridized carbons (Fsp3) is 0.941. The lowest BCUT2D eigenvalue weighted by atomic mass is 9.79. The molecule has 0 aromatic heterocycles. The number of hydrogen-bond acceptors (Lipinski definition) is 2. The Morgan fingerprint density at radius 1 is 1.45 bits per heavy atom. The molecule has 0 saturated heterocycles. The van der Waals surface area contributed by atoms with Gasteiger partial charge in [0, 0.05) is 13.0 Å². The number of rotatable bonds is 5. The second-order valence-corrected chi connectivity index (χ2v) is 8.28. The van der Waals surface area contributed by atoms with Crippen molar-refractivity contribution in [2.75, 3.05) is 6.54 Å². The summed E-state index contributed by atoms with van der Waals surface area (Å²) < 4.78 is 0. The molecule has 0 aromatic rings. The highest BCUT2D eigenvalue weighted by Gasteiger charge is 2.32. The number of hydrogen-bond donors (Lipinski definition) is 2. The Balaban J connectivity index is 2.32. The number of amides is 1. The van der Waals surface area contributed by atoms with Crippen LogP contribution in [0.2, 0.25) is 0 Å². The molecule has 3 heteroatoms. The molecule has 1 saturated carbocycles. The maximum Gasteiger partial charge on any atom is 0.220 e. The van der Waals surface area contributed by atoms with E-state index in [1.807, 2.05) is 0 Å². The first-order valence-corrected chi connectivity index (χ1v) is 8.09. The lowest BCUT2D eigenvalue weighted by Gasteiger charge is -2.35. The zero-order valence-corrected chi connectivity index (χ0v) is 14.0. The second kappa shape index (κ2) is 6.93. The van der Waals surface area contributed by atoms with E-state index in [4.69, 9.17) is 0 Å². The van der Waals surface area contributed by atoms with Gasteiger partial charge in [-0.3, -0.25) is 4.79 Å². The van der Waals surface area contributed by atoms with Crippen LogP contribution in [-0.4, -0.2) is 23.2 Å². The summed E-state index contributed by atoms with van der Waals surface area (Å²) in [5, 5.41) is 13.4. The second-order valence-electron chi connectivity index (χ2n) is 8.28. The Morgan fingerprint density at radius 3 is 2.65 bits per heavy atom. The van der Waals surface area contributed by atoms with E-state index in [0.717, 1.165) is 25.7 Å². The molecule has 3 nitrogen and oxygen atoms in total. The fourth-order valence-corrected chi connectivity index (χ4v) is 3.56. The first-order chi connectivity index (χ1) is 9.10. The Labute approximate surface area is 124 Å². The highest BCUT2D eigenvalue weighted by molar-refractivity contribution is 5.76. The molecule has 0 radical (unpaired) electrons. The van der Waals surface area contributed by atoms with Crippen molar-refractivity contribution in [3.8, 4) is 0 Å². The summed E-state index contributed by atoms with van der Waals surface area (Å²) in [5.74, 6) is 1.02. The summed E-state index contributed by atoms with van der Waals surface area (Å²) in [5.41, 5.74) is -0.419. The summed E-state index contributed by atoms with van der Waals surface area (Å²) in [4.78, 5) is 12.0. The van der Waals surface area contributed by atoms with Gasteiger partial charge in [0.15, 0.2) is 0 Å². The number of carbonyl (C=O) groups is 1. The van der Waals surface area contributed by atoms with Crippen LogP contribution in [0, 0.1) is 17.3 Å². The van der Waals surface area contributed by atoms with Crippen LogP contribution >= 0.6 is 0 Å². The predicted molar refractivity (Wildman–Crippen MR) is 83.4 cm³/mol. The van der Waals surface area contributed by atoms with E-state index in [2.05, 4.69) is 39.9 Å². The predicted octanol–water partition coefficient (Wildman–Crippen LogP) is 3.51. The van der Waals surface area contributed by atoms with Crippen LogP contribution in [0.5, 0.6) is 0 Å². The van der Waals surface area contributed by atoms with Crippen molar-refractivity contribution in [1.29, 1.82) is 0 Å². The van der Waals surface area contributed by atoms with E-state index in [1.54, 1.807) is 0 Å². The van der Waals surface area contributed by atoms with E-state index in [9.17, 15) is 9.90 Å². The van der Waals surface area contributed by atoms with E-state index < -0.39 is 5.60 Å². The minimum absolute atomic E-state index is 0.0772. The van der Waals surface area contributed by atoms with E-state index in [-0.39, 0.29) is 11.3 Å². The summed E-state index contributed by atoms with van der Waals surface area (Å²) in [6.45, 7) is 11.3. The van der Waals surface area contributed by atoms with Crippen LogP contribution in [0.25, 0.3) is 0 Å². The molecule has 0 aliphatic heterocycles. The maximum absolute atomic E-state index is 12.0. The van der Waals surface area contributed by atoms with Gasteiger partial charge in [-0.1, -0.05) is 47.5 Å². The maximum atomic E-state index is 12.0. The first kappa shape index (κ1) is 17.5. The highest BCUT2D eigenvalue weighted by Crippen LogP contribution is 2.31. The zero-order valence-electron chi connectivity index (χ0n) is 14.0. The third-order valence-corrected chi connectivity index (χ3v) is 4.18. The van der Waals surface area contributed by atoms with Crippen LogP contribution < -0.4 is 5.32 Å². The number of nitrogens with one attached hydrogen (secondary N) is 1.